The highest BCUT2D eigenvalue weighted by molar-refractivity contribution is 5.76. The predicted octanol–water partition coefficient (Wildman–Crippen LogP) is 1.17. The number of ether oxygens (including phenoxy) is 1. The highest BCUT2D eigenvalue weighted by Crippen LogP contribution is 2.01. The number of carboxylic acids is 1. The Morgan fingerprint density at radius 3 is 2.56 bits per heavy atom. The Kier molecular flexibility index (Phi) is 8.52. The van der Waals surface area contributed by atoms with E-state index in [0.29, 0.717) is 32.3 Å². The van der Waals surface area contributed by atoms with Crippen LogP contribution in [0.5, 0.6) is 0 Å². The molecule has 5 nitrogen and oxygen atoms in total. The zero-order chi connectivity index (χ0) is 12.4. The van der Waals surface area contributed by atoms with E-state index in [1.807, 2.05) is 6.92 Å². The number of rotatable bonds is 9. The third-order valence-electron chi connectivity index (χ3n) is 2.19. The molecule has 2 N–H and O–H groups in total. The van der Waals surface area contributed by atoms with Crippen molar-refractivity contribution < 1.29 is 19.4 Å². The van der Waals surface area contributed by atoms with Gasteiger partial charge in [-0.15, -0.1) is 0 Å². The summed E-state index contributed by atoms with van der Waals surface area (Å²) in [5, 5.41) is 11.3. The molecule has 0 aromatic rings. The molecule has 1 atom stereocenters. The number of carboxylic acid groups (broad SMARTS) is 1. The van der Waals surface area contributed by atoms with Gasteiger partial charge in [0.25, 0.3) is 0 Å². The monoisotopic (exact) mass is 231 g/mol. The first kappa shape index (κ1) is 14.9. The fourth-order valence-corrected chi connectivity index (χ4v) is 1.36. The molecular weight excluding hydrogens is 210 g/mol. The van der Waals surface area contributed by atoms with Crippen LogP contribution in [-0.2, 0) is 14.3 Å². The molecule has 0 rings (SSSR count). The van der Waals surface area contributed by atoms with Crippen LogP contribution in [0.2, 0.25) is 0 Å². The van der Waals surface area contributed by atoms with Crippen LogP contribution < -0.4 is 5.32 Å². The van der Waals surface area contributed by atoms with Crippen molar-refractivity contribution in [3.05, 3.63) is 0 Å². The van der Waals surface area contributed by atoms with E-state index in [4.69, 9.17) is 9.84 Å². The minimum atomic E-state index is -0.793. The molecule has 1 amide bonds. The van der Waals surface area contributed by atoms with Crippen molar-refractivity contribution in [1.82, 2.24) is 5.32 Å². The molecule has 1 unspecified atom stereocenters. The van der Waals surface area contributed by atoms with E-state index in [-0.39, 0.29) is 18.4 Å². The second kappa shape index (κ2) is 9.15. The van der Waals surface area contributed by atoms with Crippen molar-refractivity contribution in [2.75, 3.05) is 13.7 Å². The second-order valence-corrected chi connectivity index (χ2v) is 3.85. The second-order valence-electron chi connectivity index (χ2n) is 3.85. The molecule has 0 aliphatic rings. The van der Waals surface area contributed by atoms with E-state index in [9.17, 15) is 9.59 Å². The maximum absolute atomic E-state index is 11.3. The summed E-state index contributed by atoms with van der Waals surface area (Å²) in [5.41, 5.74) is 0. The van der Waals surface area contributed by atoms with Crippen molar-refractivity contribution >= 4 is 11.9 Å². The smallest absolute Gasteiger partial charge is 0.303 e. The zero-order valence-electron chi connectivity index (χ0n) is 9.99. The van der Waals surface area contributed by atoms with Crippen molar-refractivity contribution in [3.63, 3.8) is 0 Å². The van der Waals surface area contributed by atoms with Gasteiger partial charge in [0.05, 0.1) is 0 Å². The van der Waals surface area contributed by atoms with Gasteiger partial charge in [-0.25, -0.2) is 0 Å². The van der Waals surface area contributed by atoms with Crippen LogP contribution >= 0.6 is 0 Å². The van der Waals surface area contributed by atoms with Gasteiger partial charge in [-0.1, -0.05) is 0 Å². The van der Waals surface area contributed by atoms with Crippen LogP contribution in [-0.4, -0.2) is 36.7 Å². The lowest BCUT2D eigenvalue weighted by atomic mass is 10.1. The largest absolute Gasteiger partial charge is 0.481 e. The number of hydrogen-bond donors (Lipinski definition) is 2. The maximum atomic E-state index is 11.3. The lowest BCUT2D eigenvalue weighted by Crippen LogP contribution is -2.32. The van der Waals surface area contributed by atoms with Gasteiger partial charge in [0, 0.05) is 32.6 Å². The first-order valence-electron chi connectivity index (χ1n) is 5.56. The molecular formula is C11H21NO4. The number of aliphatic carboxylic acids is 1. The summed E-state index contributed by atoms with van der Waals surface area (Å²) in [5.74, 6) is -0.793. The summed E-state index contributed by atoms with van der Waals surface area (Å²) < 4.78 is 4.84. The van der Waals surface area contributed by atoms with Crippen LogP contribution in [0.25, 0.3) is 0 Å². The van der Waals surface area contributed by atoms with Crippen LogP contribution in [0.4, 0.5) is 0 Å². The van der Waals surface area contributed by atoms with Gasteiger partial charge in [0.15, 0.2) is 0 Å². The summed E-state index contributed by atoms with van der Waals surface area (Å²) in [7, 11) is 1.60. The van der Waals surface area contributed by atoms with Crippen molar-refractivity contribution in [2.24, 2.45) is 0 Å². The molecule has 0 heterocycles. The highest BCUT2D eigenvalue weighted by Gasteiger charge is 2.07. The van der Waals surface area contributed by atoms with Gasteiger partial charge >= 0.3 is 5.97 Å². The zero-order valence-corrected chi connectivity index (χ0v) is 9.99. The van der Waals surface area contributed by atoms with E-state index >= 15 is 0 Å². The Labute approximate surface area is 96.2 Å². The lowest BCUT2D eigenvalue weighted by molar-refractivity contribution is -0.137. The van der Waals surface area contributed by atoms with Crippen molar-refractivity contribution in [1.29, 1.82) is 0 Å². The maximum Gasteiger partial charge on any atom is 0.303 e. The van der Waals surface area contributed by atoms with Crippen LogP contribution in [0.15, 0.2) is 0 Å². The summed E-state index contributed by atoms with van der Waals surface area (Å²) in [6.45, 7) is 2.47. The summed E-state index contributed by atoms with van der Waals surface area (Å²) in [6, 6.07) is 0.0365. The molecule has 0 radical (unpaired) electrons. The minimum Gasteiger partial charge on any atom is -0.481 e. The molecule has 0 saturated heterocycles. The van der Waals surface area contributed by atoms with E-state index in [1.165, 1.54) is 0 Å². The van der Waals surface area contributed by atoms with Gasteiger partial charge in [-0.2, -0.15) is 0 Å². The van der Waals surface area contributed by atoms with Crippen LogP contribution in [0.3, 0.4) is 0 Å². The molecule has 0 aromatic heterocycles. The quantitative estimate of drug-likeness (QED) is 0.584. The van der Waals surface area contributed by atoms with E-state index in [1.54, 1.807) is 7.11 Å². The molecule has 5 heteroatoms. The average molecular weight is 231 g/mol. The molecule has 0 saturated carbocycles. The van der Waals surface area contributed by atoms with Crippen LogP contribution in [0, 0.1) is 0 Å². The van der Waals surface area contributed by atoms with Gasteiger partial charge in [0.2, 0.25) is 5.91 Å². The Morgan fingerprint density at radius 1 is 1.31 bits per heavy atom. The molecule has 0 aromatic carbocycles. The average Bonchev–Trinajstić information content (AvgIpc) is 2.17. The summed E-state index contributed by atoms with van der Waals surface area (Å²) in [6.07, 6.45) is 2.61. The predicted molar refractivity (Wildman–Crippen MR) is 60.2 cm³/mol. The minimum absolute atomic E-state index is 0.000116. The Hall–Kier alpha value is -1.10. The Morgan fingerprint density at radius 2 is 2.00 bits per heavy atom. The number of methoxy groups -OCH3 is 1. The number of carbonyl (C=O) groups is 2. The first-order chi connectivity index (χ1) is 7.56. The number of amides is 1. The number of carbonyl (C=O) groups excluding carboxylic acids is 1. The summed E-state index contributed by atoms with van der Waals surface area (Å²) in [4.78, 5) is 21.6. The lowest BCUT2D eigenvalue weighted by Gasteiger charge is -2.13. The van der Waals surface area contributed by atoms with Crippen LogP contribution in [0.1, 0.15) is 39.0 Å². The first-order valence-corrected chi connectivity index (χ1v) is 5.56. The fourth-order valence-electron chi connectivity index (χ4n) is 1.36. The van der Waals surface area contributed by atoms with Gasteiger partial charge < -0.3 is 15.2 Å². The third-order valence-corrected chi connectivity index (χ3v) is 2.19. The normalized spacial score (nSPS) is 12.1. The van der Waals surface area contributed by atoms with Gasteiger partial charge in [0.1, 0.15) is 0 Å². The number of nitrogens with one attached hydrogen (secondary N) is 1. The van der Waals surface area contributed by atoms with E-state index < -0.39 is 5.97 Å². The molecule has 0 bridgehead atoms. The highest BCUT2D eigenvalue weighted by atomic mass is 16.5. The fraction of sp³-hybridized carbons (Fsp3) is 0.818. The Bertz CT molecular complexity index is 218. The molecule has 0 fully saturated rings. The Balaban J connectivity index is 3.50. The van der Waals surface area contributed by atoms with Gasteiger partial charge in [-0.3, -0.25) is 9.59 Å². The van der Waals surface area contributed by atoms with Gasteiger partial charge in [-0.05, 0) is 26.2 Å². The standard InChI is InChI=1S/C11H21NO4/c1-9(5-3-7-11(14)15)12-10(13)6-4-8-16-2/h9H,3-8H2,1-2H3,(H,12,13)(H,14,15). The van der Waals surface area contributed by atoms with Crippen molar-refractivity contribution in [3.8, 4) is 0 Å². The molecule has 16 heavy (non-hydrogen) atoms. The van der Waals surface area contributed by atoms with E-state index in [2.05, 4.69) is 5.32 Å². The SMILES string of the molecule is COCCCC(=O)NC(C)CCCC(=O)O. The molecule has 0 aliphatic carbocycles. The molecule has 94 valence electrons. The van der Waals surface area contributed by atoms with E-state index in [0.717, 1.165) is 0 Å². The topological polar surface area (TPSA) is 75.6 Å². The third kappa shape index (κ3) is 9.45. The summed E-state index contributed by atoms with van der Waals surface area (Å²) >= 11 is 0. The molecule has 0 aliphatic heterocycles. The molecule has 0 spiro atoms. The van der Waals surface area contributed by atoms with Crippen molar-refractivity contribution in [2.45, 2.75) is 45.1 Å². The number of hydrogen-bond acceptors (Lipinski definition) is 3.